The van der Waals surface area contributed by atoms with E-state index >= 15 is 0 Å². The van der Waals surface area contributed by atoms with Gasteiger partial charge in [-0.05, 0) is 42.0 Å². The zero-order chi connectivity index (χ0) is 18.2. The average Bonchev–Trinajstić information content (AvgIpc) is 2.64. The minimum atomic E-state index is -0.565. The summed E-state index contributed by atoms with van der Waals surface area (Å²) in [5.74, 6) is -1.40. The maximum absolute atomic E-state index is 11.8. The molecule has 1 N–H and O–H groups in total. The summed E-state index contributed by atoms with van der Waals surface area (Å²) in [6, 6.07) is 13.3. The summed E-state index contributed by atoms with van der Waals surface area (Å²) >= 11 is 3.27. The molecule has 0 heterocycles. The number of nitrogens with one attached hydrogen (secondary N) is 1. The van der Waals surface area contributed by atoms with Gasteiger partial charge in [0, 0.05) is 11.0 Å². The lowest BCUT2D eigenvalue weighted by molar-refractivity contribution is -0.124. The second-order valence-electron chi connectivity index (χ2n) is 5.05. The smallest absolute Gasteiger partial charge is 0.338 e. The van der Waals surface area contributed by atoms with Crippen molar-refractivity contribution in [3.05, 3.63) is 69.7 Å². The van der Waals surface area contributed by atoms with Crippen LogP contribution in [-0.4, -0.2) is 31.6 Å². The molecule has 0 bridgehead atoms. The van der Waals surface area contributed by atoms with Crippen molar-refractivity contribution in [2.45, 2.75) is 6.54 Å². The Hall–Kier alpha value is -2.67. The van der Waals surface area contributed by atoms with Gasteiger partial charge in [-0.25, -0.2) is 9.59 Å². The molecule has 0 aliphatic heterocycles. The Morgan fingerprint density at radius 2 is 1.48 bits per heavy atom. The fourth-order valence-corrected chi connectivity index (χ4v) is 2.19. The van der Waals surface area contributed by atoms with E-state index in [2.05, 4.69) is 26.0 Å². The molecule has 0 aliphatic rings. The number of halogens is 1. The Balaban J connectivity index is 1.77. The van der Waals surface area contributed by atoms with Crippen LogP contribution < -0.4 is 5.32 Å². The third-order valence-electron chi connectivity index (χ3n) is 3.28. The molecule has 2 rings (SSSR count). The van der Waals surface area contributed by atoms with E-state index in [1.807, 2.05) is 0 Å². The highest BCUT2D eigenvalue weighted by molar-refractivity contribution is 9.10. The molecule has 0 fully saturated rings. The lowest BCUT2D eigenvalue weighted by Crippen LogP contribution is -2.28. The third kappa shape index (κ3) is 5.72. The summed E-state index contributed by atoms with van der Waals surface area (Å²) in [6.07, 6.45) is 0. The Morgan fingerprint density at radius 3 is 2.08 bits per heavy atom. The highest BCUT2D eigenvalue weighted by atomic mass is 79.9. The van der Waals surface area contributed by atoms with Crippen LogP contribution in [0, 0.1) is 0 Å². The van der Waals surface area contributed by atoms with Gasteiger partial charge in [0.2, 0.25) is 0 Å². The van der Waals surface area contributed by atoms with Gasteiger partial charge in [0.15, 0.2) is 6.61 Å². The number of benzene rings is 2. The molecule has 2 aromatic rings. The molecule has 1 amide bonds. The first kappa shape index (κ1) is 18.7. The number of carbonyl (C=O) groups excluding carboxylic acids is 3. The van der Waals surface area contributed by atoms with Crippen molar-refractivity contribution in [1.82, 2.24) is 5.32 Å². The van der Waals surface area contributed by atoms with Gasteiger partial charge in [0.05, 0.1) is 18.2 Å². The lowest BCUT2D eigenvalue weighted by Gasteiger charge is -2.07. The van der Waals surface area contributed by atoms with Gasteiger partial charge in [-0.15, -0.1) is 0 Å². The van der Waals surface area contributed by atoms with E-state index in [1.54, 1.807) is 48.5 Å². The van der Waals surface area contributed by atoms with Gasteiger partial charge < -0.3 is 14.8 Å². The highest BCUT2D eigenvalue weighted by Gasteiger charge is 2.10. The van der Waals surface area contributed by atoms with Crippen molar-refractivity contribution in [2.24, 2.45) is 0 Å². The van der Waals surface area contributed by atoms with Gasteiger partial charge in [0.25, 0.3) is 5.91 Å². The second-order valence-corrected chi connectivity index (χ2v) is 5.96. The lowest BCUT2D eigenvalue weighted by atomic mass is 10.1. The molecule has 0 saturated heterocycles. The van der Waals surface area contributed by atoms with Gasteiger partial charge >= 0.3 is 11.9 Å². The van der Waals surface area contributed by atoms with Gasteiger partial charge in [-0.2, -0.15) is 0 Å². The van der Waals surface area contributed by atoms with Crippen LogP contribution in [0.3, 0.4) is 0 Å². The van der Waals surface area contributed by atoms with Crippen LogP contribution in [-0.2, 0) is 20.8 Å². The molecular weight excluding hydrogens is 390 g/mol. The van der Waals surface area contributed by atoms with Crippen molar-refractivity contribution in [3.8, 4) is 0 Å². The highest BCUT2D eigenvalue weighted by Crippen LogP contribution is 2.11. The zero-order valence-electron chi connectivity index (χ0n) is 13.5. The van der Waals surface area contributed by atoms with Crippen molar-refractivity contribution in [3.63, 3.8) is 0 Å². The van der Waals surface area contributed by atoms with Crippen molar-refractivity contribution in [2.75, 3.05) is 13.7 Å². The predicted molar refractivity (Wildman–Crippen MR) is 94.1 cm³/mol. The molecule has 0 aromatic heterocycles. The fraction of sp³-hybridized carbons (Fsp3) is 0.167. The van der Waals surface area contributed by atoms with E-state index in [9.17, 15) is 14.4 Å². The zero-order valence-corrected chi connectivity index (χ0v) is 15.0. The molecule has 0 aliphatic carbocycles. The van der Waals surface area contributed by atoms with Crippen molar-refractivity contribution in [1.29, 1.82) is 0 Å². The summed E-state index contributed by atoms with van der Waals surface area (Å²) in [6.45, 7) is -0.106. The van der Waals surface area contributed by atoms with Crippen LogP contribution in [0.1, 0.15) is 26.3 Å². The van der Waals surface area contributed by atoms with Crippen LogP contribution in [0.2, 0.25) is 0 Å². The Bertz CT molecular complexity index is 756. The molecule has 0 unspecified atom stereocenters. The summed E-state index contributed by atoms with van der Waals surface area (Å²) in [4.78, 5) is 34.9. The number of methoxy groups -OCH3 is 1. The maximum atomic E-state index is 11.8. The number of rotatable bonds is 6. The molecule has 0 saturated carbocycles. The summed E-state index contributed by atoms with van der Waals surface area (Å²) in [5.41, 5.74) is 1.61. The SMILES string of the molecule is COC(=O)c1ccc(CNC(=O)COC(=O)c2ccc(Br)cc2)cc1. The van der Waals surface area contributed by atoms with E-state index < -0.39 is 17.8 Å². The molecule has 25 heavy (non-hydrogen) atoms. The first-order chi connectivity index (χ1) is 12.0. The molecule has 0 atom stereocenters. The number of hydrogen-bond donors (Lipinski definition) is 1. The van der Waals surface area contributed by atoms with E-state index in [1.165, 1.54) is 7.11 Å². The van der Waals surface area contributed by atoms with Gasteiger partial charge in [-0.1, -0.05) is 28.1 Å². The topological polar surface area (TPSA) is 81.7 Å². The second kappa shape index (κ2) is 8.98. The molecular formula is C18H16BrNO5. The predicted octanol–water partition coefficient (Wildman–Crippen LogP) is 2.71. The maximum Gasteiger partial charge on any atom is 0.338 e. The van der Waals surface area contributed by atoms with Crippen molar-refractivity contribution >= 4 is 33.8 Å². The molecule has 130 valence electrons. The van der Waals surface area contributed by atoms with Crippen LogP contribution >= 0.6 is 15.9 Å². The van der Waals surface area contributed by atoms with Crippen LogP contribution in [0.5, 0.6) is 0 Å². The molecule has 0 radical (unpaired) electrons. The number of hydrogen-bond acceptors (Lipinski definition) is 5. The normalized spacial score (nSPS) is 10.0. The number of carbonyl (C=O) groups is 3. The van der Waals surface area contributed by atoms with E-state index in [4.69, 9.17) is 4.74 Å². The Morgan fingerprint density at radius 1 is 0.920 bits per heavy atom. The Kier molecular flexibility index (Phi) is 6.71. The van der Waals surface area contributed by atoms with Crippen molar-refractivity contribution < 1.29 is 23.9 Å². The van der Waals surface area contributed by atoms with Gasteiger partial charge in [0.1, 0.15) is 0 Å². The monoisotopic (exact) mass is 405 g/mol. The first-order valence-corrected chi connectivity index (χ1v) is 8.15. The largest absolute Gasteiger partial charge is 0.465 e. The van der Waals surface area contributed by atoms with E-state index in [0.29, 0.717) is 11.1 Å². The number of amides is 1. The van der Waals surface area contributed by atoms with E-state index in [-0.39, 0.29) is 13.2 Å². The third-order valence-corrected chi connectivity index (χ3v) is 3.81. The Labute approximate surface area is 153 Å². The quantitative estimate of drug-likeness (QED) is 0.747. The molecule has 2 aromatic carbocycles. The van der Waals surface area contributed by atoms with Crippen LogP contribution in [0.25, 0.3) is 0 Å². The average molecular weight is 406 g/mol. The van der Waals surface area contributed by atoms with Crippen LogP contribution in [0.4, 0.5) is 0 Å². The standard InChI is InChI=1S/C18H16BrNO5/c1-24-17(22)13-4-2-12(3-5-13)10-20-16(21)11-25-18(23)14-6-8-15(19)9-7-14/h2-9H,10-11H2,1H3,(H,20,21). The van der Waals surface area contributed by atoms with E-state index in [0.717, 1.165) is 10.0 Å². The molecule has 7 heteroatoms. The first-order valence-electron chi connectivity index (χ1n) is 7.36. The number of esters is 2. The minimum absolute atomic E-state index is 0.260. The fourth-order valence-electron chi connectivity index (χ4n) is 1.93. The number of ether oxygens (including phenoxy) is 2. The minimum Gasteiger partial charge on any atom is -0.465 e. The van der Waals surface area contributed by atoms with Gasteiger partial charge in [-0.3, -0.25) is 4.79 Å². The molecule has 6 nitrogen and oxygen atoms in total. The molecule has 0 spiro atoms. The summed E-state index contributed by atoms with van der Waals surface area (Å²) in [7, 11) is 1.31. The summed E-state index contributed by atoms with van der Waals surface area (Å²) in [5, 5.41) is 2.64. The summed E-state index contributed by atoms with van der Waals surface area (Å²) < 4.78 is 10.4. The van der Waals surface area contributed by atoms with Crippen LogP contribution in [0.15, 0.2) is 53.0 Å².